The zero-order valence-corrected chi connectivity index (χ0v) is 14.8. The summed E-state index contributed by atoms with van der Waals surface area (Å²) in [7, 11) is 1.59. The molecule has 0 fully saturated rings. The number of halogens is 1. The van der Waals surface area contributed by atoms with Crippen molar-refractivity contribution in [3.05, 3.63) is 64.8 Å². The van der Waals surface area contributed by atoms with E-state index in [1.54, 1.807) is 38.2 Å². The van der Waals surface area contributed by atoms with Crippen molar-refractivity contribution < 1.29 is 13.7 Å². The van der Waals surface area contributed by atoms with Gasteiger partial charge in [0.1, 0.15) is 5.82 Å². The number of carbonyl (C=O) groups excluding carboxylic acids is 1. The van der Waals surface area contributed by atoms with Crippen LogP contribution in [0.1, 0.15) is 27.4 Å². The SMILES string of the molecule is CNC(=O)c1cccc(NCc2nc(-c3ccc(C)c(F)c3)no2)c1C. The lowest BCUT2D eigenvalue weighted by Crippen LogP contribution is -2.19. The molecule has 0 saturated heterocycles. The number of aromatic nitrogens is 2. The highest BCUT2D eigenvalue weighted by Gasteiger charge is 2.13. The summed E-state index contributed by atoms with van der Waals surface area (Å²) in [4.78, 5) is 16.1. The molecule has 0 bridgehead atoms. The van der Waals surface area contributed by atoms with Crippen LogP contribution < -0.4 is 10.6 Å². The van der Waals surface area contributed by atoms with Crippen molar-refractivity contribution in [2.45, 2.75) is 20.4 Å². The van der Waals surface area contributed by atoms with Crippen molar-refractivity contribution >= 4 is 11.6 Å². The van der Waals surface area contributed by atoms with E-state index in [1.165, 1.54) is 6.07 Å². The molecule has 0 aliphatic carbocycles. The minimum Gasteiger partial charge on any atom is -0.376 e. The van der Waals surface area contributed by atoms with E-state index in [0.717, 1.165) is 11.3 Å². The molecule has 0 unspecified atom stereocenters. The second-order valence-corrected chi connectivity index (χ2v) is 5.89. The third kappa shape index (κ3) is 3.56. The van der Waals surface area contributed by atoms with Gasteiger partial charge in [0, 0.05) is 23.9 Å². The molecule has 0 saturated carbocycles. The molecule has 0 aliphatic rings. The molecule has 2 aromatic carbocycles. The predicted molar refractivity (Wildman–Crippen MR) is 96.3 cm³/mol. The first-order valence-electron chi connectivity index (χ1n) is 8.14. The first kappa shape index (κ1) is 17.6. The number of rotatable bonds is 5. The van der Waals surface area contributed by atoms with Crippen molar-refractivity contribution in [3.63, 3.8) is 0 Å². The summed E-state index contributed by atoms with van der Waals surface area (Å²) in [6.45, 7) is 3.85. The Morgan fingerprint density at radius 1 is 1.23 bits per heavy atom. The maximum absolute atomic E-state index is 13.7. The first-order valence-corrected chi connectivity index (χ1v) is 8.14. The van der Waals surface area contributed by atoms with Gasteiger partial charge in [0.15, 0.2) is 0 Å². The van der Waals surface area contributed by atoms with Gasteiger partial charge in [-0.1, -0.05) is 23.4 Å². The van der Waals surface area contributed by atoms with Crippen LogP contribution in [-0.2, 0) is 6.54 Å². The quantitative estimate of drug-likeness (QED) is 0.733. The van der Waals surface area contributed by atoms with Crippen LogP contribution in [0.3, 0.4) is 0 Å². The van der Waals surface area contributed by atoms with Crippen LogP contribution in [0.5, 0.6) is 0 Å². The molecule has 0 radical (unpaired) electrons. The van der Waals surface area contributed by atoms with E-state index in [2.05, 4.69) is 20.8 Å². The second kappa shape index (κ2) is 7.35. The maximum atomic E-state index is 13.7. The molecule has 0 aliphatic heterocycles. The van der Waals surface area contributed by atoms with Gasteiger partial charge in [0.25, 0.3) is 5.91 Å². The number of nitrogens with one attached hydrogen (secondary N) is 2. The smallest absolute Gasteiger partial charge is 0.251 e. The molecular weight excluding hydrogens is 335 g/mol. The van der Waals surface area contributed by atoms with Crippen LogP contribution >= 0.6 is 0 Å². The van der Waals surface area contributed by atoms with Crippen LogP contribution in [0, 0.1) is 19.7 Å². The van der Waals surface area contributed by atoms with Crippen molar-refractivity contribution in [2.24, 2.45) is 0 Å². The maximum Gasteiger partial charge on any atom is 0.251 e. The summed E-state index contributed by atoms with van der Waals surface area (Å²) < 4.78 is 18.9. The monoisotopic (exact) mass is 354 g/mol. The summed E-state index contributed by atoms with van der Waals surface area (Å²) >= 11 is 0. The highest BCUT2D eigenvalue weighted by Crippen LogP contribution is 2.21. The number of benzene rings is 2. The lowest BCUT2D eigenvalue weighted by Gasteiger charge is -2.11. The van der Waals surface area contributed by atoms with Gasteiger partial charge in [0.05, 0.1) is 6.54 Å². The fraction of sp³-hybridized carbons (Fsp3) is 0.211. The Bertz CT molecular complexity index is 952. The molecule has 2 N–H and O–H groups in total. The predicted octanol–water partition coefficient (Wildman–Crippen LogP) is 3.46. The van der Waals surface area contributed by atoms with Crippen LogP contribution in [0.4, 0.5) is 10.1 Å². The van der Waals surface area contributed by atoms with Gasteiger partial charge in [0.2, 0.25) is 11.7 Å². The number of amides is 1. The number of anilines is 1. The van der Waals surface area contributed by atoms with Gasteiger partial charge in [-0.15, -0.1) is 0 Å². The zero-order chi connectivity index (χ0) is 18.7. The first-order chi connectivity index (χ1) is 12.5. The average molecular weight is 354 g/mol. The van der Waals surface area contributed by atoms with E-state index in [4.69, 9.17) is 4.52 Å². The largest absolute Gasteiger partial charge is 0.376 e. The van der Waals surface area contributed by atoms with Gasteiger partial charge in [-0.3, -0.25) is 4.79 Å². The van der Waals surface area contributed by atoms with Crippen LogP contribution in [0.15, 0.2) is 40.9 Å². The Labute approximate surface area is 150 Å². The van der Waals surface area contributed by atoms with E-state index in [1.807, 2.05) is 13.0 Å². The standard InChI is InChI=1S/C19H19FN4O2/c1-11-7-8-13(9-15(11)20)18-23-17(26-24-18)10-22-16-6-4-5-14(12(16)2)19(25)21-3/h4-9,22H,10H2,1-3H3,(H,21,25). The normalized spacial score (nSPS) is 10.6. The number of nitrogens with zero attached hydrogens (tertiary/aromatic N) is 2. The Morgan fingerprint density at radius 3 is 2.77 bits per heavy atom. The van der Waals surface area contributed by atoms with Crippen molar-refractivity contribution in [2.75, 3.05) is 12.4 Å². The summed E-state index contributed by atoms with van der Waals surface area (Å²) in [6.07, 6.45) is 0. The lowest BCUT2D eigenvalue weighted by atomic mass is 10.1. The van der Waals surface area contributed by atoms with E-state index in [9.17, 15) is 9.18 Å². The van der Waals surface area contributed by atoms with Crippen LogP contribution in [-0.4, -0.2) is 23.1 Å². The fourth-order valence-corrected chi connectivity index (χ4v) is 2.55. The minimum atomic E-state index is -0.311. The molecule has 1 amide bonds. The topological polar surface area (TPSA) is 80.0 Å². The molecule has 0 spiro atoms. The third-order valence-electron chi connectivity index (χ3n) is 4.13. The van der Waals surface area contributed by atoms with E-state index >= 15 is 0 Å². The van der Waals surface area contributed by atoms with Crippen LogP contribution in [0.2, 0.25) is 0 Å². The number of carbonyl (C=O) groups is 1. The Kier molecular flexibility index (Phi) is 4.97. The average Bonchev–Trinajstić information content (AvgIpc) is 3.11. The van der Waals surface area contributed by atoms with Gasteiger partial charge in [-0.2, -0.15) is 4.98 Å². The van der Waals surface area contributed by atoms with Gasteiger partial charge >= 0.3 is 0 Å². The number of hydrogen-bond donors (Lipinski definition) is 2. The Morgan fingerprint density at radius 2 is 2.04 bits per heavy atom. The van der Waals surface area contributed by atoms with Gasteiger partial charge < -0.3 is 15.2 Å². The van der Waals surface area contributed by atoms with Gasteiger partial charge in [-0.05, 0) is 43.2 Å². The fourth-order valence-electron chi connectivity index (χ4n) is 2.55. The molecule has 7 heteroatoms. The minimum absolute atomic E-state index is 0.146. The molecule has 1 aromatic heterocycles. The lowest BCUT2D eigenvalue weighted by molar-refractivity contribution is 0.0962. The highest BCUT2D eigenvalue weighted by atomic mass is 19.1. The molecular formula is C19H19FN4O2. The summed E-state index contributed by atoms with van der Waals surface area (Å²) in [5.41, 5.74) is 3.34. The molecule has 6 nitrogen and oxygen atoms in total. The Balaban J connectivity index is 1.74. The molecule has 0 atom stereocenters. The van der Waals surface area contributed by atoms with E-state index < -0.39 is 0 Å². The molecule has 134 valence electrons. The van der Waals surface area contributed by atoms with Crippen molar-refractivity contribution in [1.29, 1.82) is 0 Å². The number of aryl methyl sites for hydroxylation is 1. The van der Waals surface area contributed by atoms with Crippen molar-refractivity contribution in [1.82, 2.24) is 15.5 Å². The van der Waals surface area contributed by atoms with E-state index in [-0.39, 0.29) is 11.7 Å². The highest BCUT2D eigenvalue weighted by molar-refractivity contribution is 5.96. The summed E-state index contributed by atoms with van der Waals surface area (Å²) in [5.74, 6) is 0.239. The summed E-state index contributed by atoms with van der Waals surface area (Å²) in [6, 6.07) is 10.2. The zero-order valence-electron chi connectivity index (χ0n) is 14.8. The summed E-state index contributed by atoms with van der Waals surface area (Å²) in [5, 5.41) is 9.69. The molecule has 1 heterocycles. The third-order valence-corrected chi connectivity index (χ3v) is 4.13. The Hall–Kier alpha value is -3.22. The number of hydrogen-bond acceptors (Lipinski definition) is 5. The molecule has 3 rings (SSSR count). The second-order valence-electron chi connectivity index (χ2n) is 5.89. The molecule has 3 aromatic rings. The van der Waals surface area contributed by atoms with Crippen LogP contribution in [0.25, 0.3) is 11.4 Å². The van der Waals surface area contributed by atoms with E-state index in [0.29, 0.717) is 35.0 Å². The molecule has 26 heavy (non-hydrogen) atoms. The van der Waals surface area contributed by atoms with Crippen molar-refractivity contribution in [3.8, 4) is 11.4 Å². The van der Waals surface area contributed by atoms with Gasteiger partial charge in [-0.25, -0.2) is 4.39 Å².